The first kappa shape index (κ1) is 17.9. The molecule has 0 radical (unpaired) electrons. The largest absolute Gasteiger partial charge is 0.545 e. The van der Waals surface area contributed by atoms with E-state index in [1.54, 1.807) is 30.3 Å². The summed E-state index contributed by atoms with van der Waals surface area (Å²) in [5.74, 6) is -1.21. The van der Waals surface area contributed by atoms with Crippen LogP contribution in [0, 0.1) is 0 Å². The zero-order chi connectivity index (χ0) is 17.8. The van der Waals surface area contributed by atoms with Crippen molar-refractivity contribution >= 4 is 40.5 Å². The number of carbonyl (C=O) groups excluding carboxylic acids is 1. The maximum atomic E-state index is 11.6. The Kier molecular flexibility index (Phi) is 5.68. The molecule has 25 heavy (non-hydrogen) atoms. The third-order valence-electron chi connectivity index (χ3n) is 4.10. The molecule has 0 amide bonds. The van der Waals surface area contributed by atoms with Crippen LogP contribution in [0.3, 0.4) is 0 Å². The standard InChI is InChI=1S/C18H18Cl2N2O3/c19-15-2-1-3-16(20)14(15)11-21-12-4-5-17(13(10-12)18(23)24)22-6-8-25-9-7-22/h1-5,10,21H,6-9,11H2,(H,23,24)/p-1. The molecule has 1 N–H and O–H groups in total. The van der Waals surface area contributed by atoms with Crippen LogP contribution < -0.4 is 15.3 Å². The van der Waals surface area contributed by atoms with Crippen LogP contribution in [-0.2, 0) is 11.3 Å². The minimum Gasteiger partial charge on any atom is -0.545 e. The molecule has 132 valence electrons. The summed E-state index contributed by atoms with van der Waals surface area (Å²) in [5.41, 5.74) is 2.21. The lowest BCUT2D eigenvalue weighted by atomic mass is 10.1. The monoisotopic (exact) mass is 379 g/mol. The number of carboxylic acid groups (broad SMARTS) is 1. The first-order valence-corrected chi connectivity index (χ1v) is 8.66. The van der Waals surface area contributed by atoms with Gasteiger partial charge < -0.3 is 24.9 Å². The van der Waals surface area contributed by atoms with E-state index in [1.165, 1.54) is 0 Å². The van der Waals surface area contributed by atoms with Crippen LogP contribution in [-0.4, -0.2) is 32.3 Å². The van der Waals surface area contributed by atoms with Gasteiger partial charge in [-0.25, -0.2) is 0 Å². The van der Waals surface area contributed by atoms with Crippen molar-refractivity contribution in [1.29, 1.82) is 0 Å². The van der Waals surface area contributed by atoms with Crippen LogP contribution >= 0.6 is 23.2 Å². The molecule has 1 fully saturated rings. The Labute approximate surface area is 156 Å². The van der Waals surface area contributed by atoms with Gasteiger partial charge in [0.15, 0.2) is 0 Å². The summed E-state index contributed by atoms with van der Waals surface area (Å²) in [6.45, 7) is 2.86. The average Bonchev–Trinajstić information content (AvgIpc) is 2.62. The van der Waals surface area contributed by atoms with Crippen molar-refractivity contribution in [3.8, 4) is 0 Å². The highest BCUT2D eigenvalue weighted by molar-refractivity contribution is 6.36. The molecule has 0 unspecified atom stereocenters. The van der Waals surface area contributed by atoms with Crippen molar-refractivity contribution in [1.82, 2.24) is 0 Å². The number of halogens is 2. The summed E-state index contributed by atoms with van der Waals surface area (Å²) < 4.78 is 5.31. The molecular weight excluding hydrogens is 363 g/mol. The number of carboxylic acids is 1. The maximum absolute atomic E-state index is 11.6. The second kappa shape index (κ2) is 7.95. The molecule has 2 aromatic carbocycles. The summed E-state index contributed by atoms with van der Waals surface area (Å²) in [7, 11) is 0. The number of carbonyl (C=O) groups is 1. The van der Waals surface area contributed by atoms with Crippen molar-refractivity contribution in [2.45, 2.75) is 6.54 Å². The fraction of sp³-hybridized carbons (Fsp3) is 0.278. The van der Waals surface area contributed by atoms with E-state index < -0.39 is 5.97 Å². The van der Waals surface area contributed by atoms with E-state index in [0.717, 1.165) is 5.56 Å². The van der Waals surface area contributed by atoms with Gasteiger partial charge in [-0.15, -0.1) is 0 Å². The van der Waals surface area contributed by atoms with Gasteiger partial charge in [0.25, 0.3) is 0 Å². The molecule has 0 atom stereocenters. The molecule has 1 aliphatic heterocycles. The highest BCUT2D eigenvalue weighted by atomic mass is 35.5. The number of morpholine rings is 1. The van der Waals surface area contributed by atoms with Crippen molar-refractivity contribution in [3.05, 3.63) is 57.6 Å². The maximum Gasteiger partial charge on any atom is 0.0736 e. The van der Waals surface area contributed by atoms with Gasteiger partial charge >= 0.3 is 0 Å². The van der Waals surface area contributed by atoms with Gasteiger partial charge in [0.1, 0.15) is 0 Å². The van der Waals surface area contributed by atoms with E-state index in [1.807, 2.05) is 11.0 Å². The topological polar surface area (TPSA) is 64.6 Å². The summed E-state index contributed by atoms with van der Waals surface area (Å²) in [5, 5.41) is 15.8. The highest BCUT2D eigenvalue weighted by Crippen LogP contribution is 2.28. The van der Waals surface area contributed by atoms with E-state index in [-0.39, 0.29) is 5.56 Å². The van der Waals surface area contributed by atoms with Gasteiger partial charge in [0.2, 0.25) is 0 Å². The van der Waals surface area contributed by atoms with Gasteiger partial charge in [-0.2, -0.15) is 0 Å². The number of nitrogens with one attached hydrogen (secondary N) is 1. The molecule has 7 heteroatoms. The van der Waals surface area contributed by atoms with Gasteiger partial charge in [-0.3, -0.25) is 0 Å². The van der Waals surface area contributed by atoms with E-state index in [2.05, 4.69) is 5.32 Å². The van der Waals surface area contributed by atoms with Crippen molar-refractivity contribution in [2.75, 3.05) is 36.5 Å². The van der Waals surface area contributed by atoms with Gasteiger partial charge in [0, 0.05) is 52.2 Å². The zero-order valence-corrected chi connectivity index (χ0v) is 14.9. The van der Waals surface area contributed by atoms with Crippen LogP contribution in [0.1, 0.15) is 15.9 Å². The minimum atomic E-state index is -1.21. The second-order valence-electron chi connectivity index (χ2n) is 5.67. The number of rotatable bonds is 5. The van der Waals surface area contributed by atoms with Crippen molar-refractivity contribution in [2.24, 2.45) is 0 Å². The third kappa shape index (κ3) is 4.18. The molecule has 0 aromatic heterocycles. The lowest BCUT2D eigenvalue weighted by molar-refractivity contribution is -0.254. The van der Waals surface area contributed by atoms with Crippen LogP contribution in [0.2, 0.25) is 10.0 Å². The normalized spacial score (nSPS) is 14.4. The fourth-order valence-corrected chi connectivity index (χ4v) is 3.31. The predicted octanol–water partition coefficient (Wildman–Crippen LogP) is 2.81. The summed E-state index contributed by atoms with van der Waals surface area (Å²) in [4.78, 5) is 13.5. The number of benzene rings is 2. The molecule has 1 aliphatic rings. The van der Waals surface area contributed by atoms with Gasteiger partial charge in [-0.1, -0.05) is 29.3 Å². The highest BCUT2D eigenvalue weighted by Gasteiger charge is 2.16. The molecule has 0 spiro atoms. The Balaban J connectivity index is 1.81. The molecule has 3 rings (SSSR count). The SMILES string of the molecule is O=C([O-])c1cc(NCc2c(Cl)cccc2Cl)ccc1N1CCOCC1. The first-order chi connectivity index (χ1) is 12.1. The van der Waals surface area contributed by atoms with Gasteiger partial charge in [0.05, 0.1) is 19.2 Å². The number of nitrogens with zero attached hydrogens (tertiary/aromatic N) is 1. The average molecular weight is 380 g/mol. The lowest BCUT2D eigenvalue weighted by Gasteiger charge is -2.31. The minimum absolute atomic E-state index is 0.150. The Morgan fingerprint density at radius 3 is 2.48 bits per heavy atom. The van der Waals surface area contributed by atoms with Crippen LogP contribution in [0.15, 0.2) is 36.4 Å². The van der Waals surface area contributed by atoms with Crippen molar-refractivity contribution in [3.63, 3.8) is 0 Å². The molecule has 0 aliphatic carbocycles. The molecule has 5 nitrogen and oxygen atoms in total. The number of anilines is 2. The smallest absolute Gasteiger partial charge is 0.0736 e. The number of hydrogen-bond donors (Lipinski definition) is 1. The molecular formula is C18H17Cl2N2O3-. The Morgan fingerprint density at radius 1 is 1.16 bits per heavy atom. The third-order valence-corrected chi connectivity index (χ3v) is 4.81. The van der Waals surface area contributed by atoms with Crippen LogP contribution in [0.25, 0.3) is 0 Å². The van der Waals surface area contributed by atoms with E-state index in [4.69, 9.17) is 27.9 Å². The number of ether oxygens (including phenoxy) is 1. The van der Waals surface area contributed by atoms with E-state index >= 15 is 0 Å². The van der Waals surface area contributed by atoms with Crippen molar-refractivity contribution < 1.29 is 14.6 Å². The Bertz CT molecular complexity index is 757. The van der Waals surface area contributed by atoms with Gasteiger partial charge in [-0.05, 0) is 30.3 Å². The summed E-state index contributed by atoms with van der Waals surface area (Å²) in [6, 6.07) is 10.5. The molecule has 2 aromatic rings. The van der Waals surface area contributed by atoms with E-state index in [0.29, 0.717) is 54.3 Å². The Hall–Kier alpha value is -1.95. The first-order valence-electron chi connectivity index (χ1n) is 7.91. The zero-order valence-electron chi connectivity index (χ0n) is 13.4. The Morgan fingerprint density at radius 2 is 1.84 bits per heavy atom. The summed E-state index contributed by atoms with van der Waals surface area (Å²) >= 11 is 12.3. The molecule has 1 saturated heterocycles. The second-order valence-corrected chi connectivity index (χ2v) is 6.49. The van der Waals surface area contributed by atoms with Crippen LogP contribution in [0.5, 0.6) is 0 Å². The number of aromatic carboxylic acids is 1. The number of hydrogen-bond acceptors (Lipinski definition) is 5. The molecule has 1 heterocycles. The lowest BCUT2D eigenvalue weighted by Crippen LogP contribution is -2.38. The summed E-state index contributed by atoms with van der Waals surface area (Å²) in [6.07, 6.45) is 0. The fourth-order valence-electron chi connectivity index (χ4n) is 2.78. The molecule has 0 bridgehead atoms. The van der Waals surface area contributed by atoms with E-state index in [9.17, 15) is 9.90 Å². The van der Waals surface area contributed by atoms with Crippen LogP contribution in [0.4, 0.5) is 11.4 Å². The quantitative estimate of drug-likeness (QED) is 0.864. The predicted molar refractivity (Wildman–Crippen MR) is 97.6 cm³/mol. The molecule has 0 saturated carbocycles.